The van der Waals surface area contributed by atoms with Crippen molar-refractivity contribution in [2.75, 3.05) is 13.2 Å². The molecule has 0 aliphatic rings. The van der Waals surface area contributed by atoms with Gasteiger partial charge < -0.3 is 14.2 Å². The van der Waals surface area contributed by atoms with Gasteiger partial charge in [-0.1, -0.05) is 226 Å². The molecular weight excluding hydrogens is 817 g/mol. The first-order valence-electron chi connectivity index (χ1n) is 26.5. The Hall–Kier alpha value is -4.19. The molecule has 0 fully saturated rings. The number of rotatable bonds is 46. The smallest absolute Gasteiger partial charge is 0.306 e. The van der Waals surface area contributed by atoms with Crippen molar-refractivity contribution in [3.8, 4) is 0 Å². The van der Waals surface area contributed by atoms with Gasteiger partial charge in [0.15, 0.2) is 6.10 Å². The van der Waals surface area contributed by atoms with Gasteiger partial charge in [-0.15, -0.1) is 0 Å². The van der Waals surface area contributed by atoms with E-state index in [9.17, 15) is 14.4 Å². The highest BCUT2D eigenvalue weighted by molar-refractivity contribution is 5.71. The highest BCUT2D eigenvalue weighted by Gasteiger charge is 2.19. The normalized spacial score (nSPS) is 13.1. The molecule has 6 nitrogen and oxygen atoms in total. The first-order chi connectivity index (χ1) is 32.5. The Morgan fingerprint density at radius 1 is 0.318 bits per heavy atom. The van der Waals surface area contributed by atoms with E-state index in [1.165, 1.54) is 83.5 Å². The van der Waals surface area contributed by atoms with Crippen LogP contribution in [0.4, 0.5) is 0 Å². The quantitative estimate of drug-likeness (QED) is 0.0262. The highest BCUT2D eigenvalue weighted by Crippen LogP contribution is 2.13. The van der Waals surface area contributed by atoms with E-state index < -0.39 is 12.1 Å². The Morgan fingerprint density at radius 2 is 0.636 bits per heavy atom. The molecule has 6 heteroatoms. The molecule has 0 saturated heterocycles. The summed E-state index contributed by atoms with van der Waals surface area (Å²) >= 11 is 0. The van der Waals surface area contributed by atoms with Crippen molar-refractivity contribution in [2.45, 2.75) is 226 Å². The lowest BCUT2D eigenvalue weighted by atomic mass is 10.0. The summed E-state index contributed by atoms with van der Waals surface area (Å²) in [6.45, 7) is 6.37. The third kappa shape index (κ3) is 50.8. The molecule has 1 atom stereocenters. The van der Waals surface area contributed by atoms with E-state index in [1.54, 1.807) is 0 Å². The summed E-state index contributed by atoms with van der Waals surface area (Å²) in [6, 6.07) is 0. The molecule has 0 saturated carbocycles. The van der Waals surface area contributed by atoms with Crippen LogP contribution < -0.4 is 0 Å². The van der Waals surface area contributed by atoms with E-state index in [-0.39, 0.29) is 38.0 Å². The summed E-state index contributed by atoms with van der Waals surface area (Å²) in [5.41, 5.74) is 0. The minimum absolute atomic E-state index is 0.127. The summed E-state index contributed by atoms with van der Waals surface area (Å²) in [6.07, 6.45) is 73.4. The predicted octanol–water partition coefficient (Wildman–Crippen LogP) is 17.7. The molecule has 0 aromatic heterocycles. The molecule has 0 aliphatic heterocycles. The van der Waals surface area contributed by atoms with Crippen LogP contribution in [0.2, 0.25) is 0 Å². The van der Waals surface area contributed by atoms with Crippen LogP contribution in [0.25, 0.3) is 0 Å². The summed E-state index contributed by atoms with van der Waals surface area (Å²) in [5, 5.41) is 0. The molecule has 0 spiro atoms. The Bertz CT molecular complexity index is 1420. The van der Waals surface area contributed by atoms with E-state index in [0.29, 0.717) is 19.3 Å². The van der Waals surface area contributed by atoms with Crippen molar-refractivity contribution < 1.29 is 28.6 Å². The molecule has 0 aliphatic carbocycles. The molecule has 0 unspecified atom stereocenters. The summed E-state index contributed by atoms with van der Waals surface area (Å²) < 4.78 is 16.7. The number of allylic oxidation sites excluding steroid dienone is 20. The third-order valence-corrected chi connectivity index (χ3v) is 10.7. The van der Waals surface area contributed by atoms with Gasteiger partial charge in [0.25, 0.3) is 0 Å². The largest absolute Gasteiger partial charge is 0.462 e. The van der Waals surface area contributed by atoms with Crippen molar-refractivity contribution in [1.82, 2.24) is 0 Å². The molecule has 0 radical (unpaired) electrons. The van der Waals surface area contributed by atoms with Crippen LogP contribution in [0.5, 0.6) is 0 Å². The van der Waals surface area contributed by atoms with Crippen LogP contribution in [0.1, 0.15) is 220 Å². The molecular formula is C60H96O6. The molecule has 0 bridgehead atoms. The topological polar surface area (TPSA) is 78.9 Å². The number of ether oxygens (including phenoxy) is 3. The summed E-state index contributed by atoms with van der Waals surface area (Å²) in [7, 11) is 0. The number of unbranched alkanes of at least 4 members (excludes halogenated alkanes) is 15. The van der Waals surface area contributed by atoms with Crippen LogP contribution in [-0.2, 0) is 28.6 Å². The van der Waals surface area contributed by atoms with Gasteiger partial charge in [0.2, 0.25) is 0 Å². The highest BCUT2D eigenvalue weighted by atomic mass is 16.6. The molecule has 0 rings (SSSR count). The van der Waals surface area contributed by atoms with Gasteiger partial charge in [0.05, 0.1) is 0 Å². The maximum Gasteiger partial charge on any atom is 0.306 e. The van der Waals surface area contributed by atoms with E-state index in [1.807, 2.05) is 12.2 Å². The fourth-order valence-electron chi connectivity index (χ4n) is 6.75. The van der Waals surface area contributed by atoms with E-state index in [0.717, 1.165) is 83.5 Å². The zero-order valence-electron chi connectivity index (χ0n) is 42.4. The van der Waals surface area contributed by atoms with Gasteiger partial charge in [0.1, 0.15) is 13.2 Å². The average molecular weight is 913 g/mol. The Balaban J connectivity index is 4.60. The van der Waals surface area contributed by atoms with Crippen LogP contribution in [0.3, 0.4) is 0 Å². The predicted molar refractivity (Wildman–Crippen MR) is 283 cm³/mol. The number of hydrogen-bond acceptors (Lipinski definition) is 6. The summed E-state index contributed by atoms with van der Waals surface area (Å²) in [4.78, 5) is 38.0. The second-order valence-corrected chi connectivity index (χ2v) is 17.1. The van der Waals surface area contributed by atoms with Crippen molar-refractivity contribution >= 4 is 17.9 Å². The number of hydrogen-bond donors (Lipinski definition) is 0. The fourth-order valence-corrected chi connectivity index (χ4v) is 6.75. The molecule has 0 amide bonds. The zero-order chi connectivity index (χ0) is 47.9. The van der Waals surface area contributed by atoms with Crippen molar-refractivity contribution in [3.05, 3.63) is 122 Å². The van der Waals surface area contributed by atoms with Gasteiger partial charge in [-0.3, -0.25) is 14.4 Å². The van der Waals surface area contributed by atoms with Crippen molar-refractivity contribution in [2.24, 2.45) is 0 Å². The van der Waals surface area contributed by atoms with Gasteiger partial charge in [-0.05, 0) is 96.3 Å². The van der Waals surface area contributed by atoms with E-state index in [4.69, 9.17) is 14.2 Å². The van der Waals surface area contributed by atoms with Gasteiger partial charge >= 0.3 is 17.9 Å². The first-order valence-corrected chi connectivity index (χ1v) is 26.5. The number of carbonyl (C=O) groups excluding carboxylic acids is 3. The van der Waals surface area contributed by atoms with Crippen molar-refractivity contribution in [3.63, 3.8) is 0 Å². The fraction of sp³-hybridized carbons (Fsp3) is 0.617. The lowest BCUT2D eigenvalue weighted by molar-refractivity contribution is -0.166. The first kappa shape index (κ1) is 61.8. The molecule has 372 valence electrons. The Labute approximate surface area is 405 Å². The van der Waals surface area contributed by atoms with Gasteiger partial charge in [-0.2, -0.15) is 0 Å². The number of esters is 3. The van der Waals surface area contributed by atoms with Crippen LogP contribution in [0.15, 0.2) is 122 Å². The third-order valence-electron chi connectivity index (χ3n) is 10.7. The lowest BCUT2D eigenvalue weighted by Crippen LogP contribution is -2.30. The minimum atomic E-state index is -0.841. The van der Waals surface area contributed by atoms with Crippen LogP contribution >= 0.6 is 0 Å². The van der Waals surface area contributed by atoms with E-state index in [2.05, 4.69) is 130 Å². The van der Waals surface area contributed by atoms with Gasteiger partial charge in [0, 0.05) is 19.3 Å². The minimum Gasteiger partial charge on any atom is -0.462 e. The van der Waals surface area contributed by atoms with E-state index >= 15 is 0 Å². The monoisotopic (exact) mass is 913 g/mol. The van der Waals surface area contributed by atoms with Crippen molar-refractivity contribution in [1.29, 1.82) is 0 Å². The second-order valence-electron chi connectivity index (χ2n) is 17.1. The molecule has 0 aromatic rings. The number of carbonyl (C=O) groups is 3. The standard InChI is InChI=1S/C60H96O6/c1-4-7-10-13-16-19-22-25-27-29-30-32-34-36-39-42-45-48-51-54-60(63)66-57(55-64-58(61)52-49-46-43-40-37-24-21-18-15-12-9-6-3)56-65-59(62)53-50-47-44-41-38-35-33-31-28-26-23-20-17-14-11-8-5-2/h7,10,16-17,19-20,25-28,30,32-33,35-36,39,41,44-45,48,57H,4-6,8-9,11-15,18,21-24,29,31,34,37-38,40,42-43,46-47,49-56H2,1-3H3/b10-7-,19-16-,20-17-,27-25-,28-26-,32-30-,35-33-,39-36-,44-41-,48-45-/t57-/m0/s1. The summed E-state index contributed by atoms with van der Waals surface area (Å²) in [5.74, 6) is -1.08. The Kier molecular flexibility index (Phi) is 50.0. The van der Waals surface area contributed by atoms with Crippen LogP contribution in [0, 0.1) is 0 Å². The maximum atomic E-state index is 12.8. The van der Waals surface area contributed by atoms with Gasteiger partial charge in [-0.25, -0.2) is 0 Å². The lowest BCUT2D eigenvalue weighted by Gasteiger charge is -2.18. The zero-order valence-corrected chi connectivity index (χ0v) is 42.4. The molecule has 0 aromatic carbocycles. The molecule has 66 heavy (non-hydrogen) atoms. The average Bonchev–Trinajstić information content (AvgIpc) is 3.31. The molecule has 0 heterocycles. The Morgan fingerprint density at radius 3 is 1.05 bits per heavy atom. The SMILES string of the molecule is CC/C=C\C/C=C\C/C=C\C/C=C\C/C=C\C/C=C\CCC(=O)O[C@H](COC(=O)CCC/C=C\C/C=C\C/C=C\C/C=C\CCCCC)COC(=O)CCCCCCCCCCCCCC. The maximum absolute atomic E-state index is 12.8. The van der Waals surface area contributed by atoms with Crippen LogP contribution in [-0.4, -0.2) is 37.2 Å². The second kappa shape index (κ2) is 53.4. The molecule has 0 N–H and O–H groups in total.